The molecule has 0 aliphatic heterocycles. The van der Waals surface area contributed by atoms with E-state index in [-0.39, 0.29) is 0 Å². The minimum absolute atomic E-state index is 0.573. The normalized spacial score (nSPS) is 11.6. The van der Waals surface area contributed by atoms with Gasteiger partial charge in [0.1, 0.15) is 11.2 Å². The Bertz CT molecular complexity index is 2960. The summed E-state index contributed by atoms with van der Waals surface area (Å²) in [5.41, 5.74) is 11.6. The van der Waals surface area contributed by atoms with Gasteiger partial charge in [-0.05, 0) is 59.4 Å². The smallest absolute Gasteiger partial charge is 0.238 e. The van der Waals surface area contributed by atoms with E-state index in [9.17, 15) is 0 Å². The third kappa shape index (κ3) is 5.53. The van der Waals surface area contributed by atoms with Gasteiger partial charge in [0.15, 0.2) is 11.6 Å². The first kappa shape index (κ1) is 31.9. The van der Waals surface area contributed by atoms with Crippen LogP contribution in [0.25, 0.3) is 94.7 Å². The maximum atomic E-state index is 6.44. The van der Waals surface area contributed by atoms with Crippen LogP contribution in [0.2, 0.25) is 0 Å². The fraction of sp³-hybridized carbons (Fsp3) is 0.0816. The van der Waals surface area contributed by atoms with E-state index in [0.29, 0.717) is 17.6 Å². The molecule has 0 spiro atoms. The Hall–Kier alpha value is -6.85. The first-order valence-electron chi connectivity index (χ1n) is 18.7. The Morgan fingerprint density at radius 1 is 0.481 bits per heavy atom. The lowest BCUT2D eigenvalue weighted by Crippen LogP contribution is -2.06. The number of para-hydroxylation sites is 3. The van der Waals surface area contributed by atoms with Crippen LogP contribution in [-0.2, 0) is 6.42 Å². The van der Waals surface area contributed by atoms with Crippen LogP contribution in [0.4, 0.5) is 0 Å². The molecule has 0 radical (unpaired) electrons. The second-order valence-electron chi connectivity index (χ2n) is 13.9. The number of nitrogens with zero attached hydrogens (tertiary/aromatic N) is 4. The van der Waals surface area contributed by atoms with Crippen LogP contribution in [0, 0.1) is 0 Å². The Kier molecular flexibility index (Phi) is 7.84. The number of fused-ring (bicyclic) bond motifs is 6. The van der Waals surface area contributed by atoms with Crippen LogP contribution in [0.1, 0.15) is 25.3 Å². The summed E-state index contributed by atoms with van der Waals surface area (Å²) >= 11 is 0. The van der Waals surface area contributed by atoms with Crippen LogP contribution in [-0.4, -0.2) is 19.5 Å². The largest absolute Gasteiger partial charge is 0.455 e. The topological polar surface area (TPSA) is 56.7 Å². The second kappa shape index (κ2) is 13.3. The van der Waals surface area contributed by atoms with E-state index in [1.54, 1.807) is 0 Å². The summed E-state index contributed by atoms with van der Waals surface area (Å²) in [6, 6.07) is 57.4. The molecule has 0 bridgehead atoms. The van der Waals surface area contributed by atoms with Crippen molar-refractivity contribution < 1.29 is 4.42 Å². The second-order valence-corrected chi connectivity index (χ2v) is 13.9. The van der Waals surface area contributed by atoms with Gasteiger partial charge < -0.3 is 4.42 Å². The standard InChI is InChI=1S/C49H36N4O/c1-2-3-12-32-21-23-33(24-22-32)34-25-27-36(28-26-34)48-50-47(35-13-5-4-6-14-35)51-49(52-48)53-43-19-9-7-15-39(43)42-31-37(29-30-44(42)53)38-17-11-18-41-40-16-8-10-20-45(40)54-46(38)41/h4-11,13-31H,2-3,12H2,1H3. The Balaban J connectivity index is 1.11. The van der Waals surface area contributed by atoms with Gasteiger partial charge in [-0.2, -0.15) is 9.97 Å². The zero-order chi connectivity index (χ0) is 36.0. The molecule has 0 N–H and O–H groups in total. The molecule has 54 heavy (non-hydrogen) atoms. The van der Waals surface area contributed by atoms with E-state index in [4.69, 9.17) is 19.4 Å². The predicted octanol–water partition coefficient (Wildman–Crippen LogP) is 12.9. The van der Waals surface area contributed by atoms with Crippen molar-refractivity contribution in [3.8, 4) is 51.0 Å². The molecule has 0 amide bonds. The zero-order valence-electron chi connectivity index (χ0n) is 29.9. The van der Waals surface area contributed by atoms with Gasteiger partial charge in [0.2, 0.25) is 5.95 Å². The summed E-state index contributed by atoms with van der Waals surface area (Å²) < 4.78 is 8.61. The van der Waals surface area contributed by atoms with Crippen LogP contribution < -0.4 is 0 Å². The van der Waals surface area contributed by atoms with Crippen molar-refractivity contribution in [2.24, 2.45) is 0 Å². The molecule has 10 aromatic rings. The fourth-order valence-corrected chi connectivity index (χ4v) is 7.70. The monoisotopic (exact) mass is 696 g/mol. The number of rotatable bonds is 8. The summed E-state index contributed by atoms with van der Waals surface area (Å²) in [7, 11) is 0. The summed E-state index contributed by atoms with van der Waals surface area (Å²) in [6.45, 7) is 2.23. The molecule has 0 saturated heterocycles. The third-order valence-corrected chi connectivity index (χ3v) is 10.5. The fourth-order valence-electron chi connectivity index (χ4n) is 7.70. The van der Waals surface area contributed by atoms with Crippen LogP contribution in [0.15, 0.2) is 168 Å². The summed E-state index contributed by atoms with van der Waals surface area (Å²) in [6.07, 6.45) is 3.53. The summed E-state index contributed by atoms with van der Waals surface area (Å²) in [5.74, 6) is 1.82. The highest BCUT2D eigenvalue weighted by Crippen LogP contribution is 2.39. The molecule has 0 saturated carbocycles. The minimum atomic E-state index is 0.573. The number of hydrogen-bond donors (Lipinski definition) is 0. The van der Waals surface area contributed by atoms with Gasteiger partial charge in [0.25, 0.3) is 0 Å². The molecule has 0 aliphatic carbocycles. The molecule has 3 heterocycles. The van der Waals surface area contributed by atoms with Crippen LogP contribution in [0.3, 0.4) is 0 Å². The average molecular weight is 697 g/mol. The molecule has 0 unspecified atom stereocenters. The molecule has 258 valence electrons. The Labute approximate surface area is 313 Å². The number of hydrogen-bond acceptors (Lipinski definition) is 4. The van der Waals surface area contributed by atoms with Gasteiger partial charge in [-0.25, -0.2) is 4.98 Å². The minimum Gasteiger partial charge on any atom is -0.455 e. The number of aryl methyl sites for hydroxylation is 1. The molecule has 3 aromatic heterocycles. The van der Waals surface area contributed by atoms with E-state index in [1.165, 1.54) is 24.0 Å². The summed E-state index contributed by atoms with van der Waals surface area (Å²) in [5, 5.41) is 4.48. The molecule has 5 nitrogen and oxygen atoms in total. The van der Waals surface area contributed by atoms with E-state index >= 15 is 0 Å². The zero-order valence-corrected chi connectivity index (χ0v) is 29.9. The van der Waals surface area contributed by atoms with Crippen LogP contribution >= 0.6 is 0 Å². The SMILES string of the molecule is CCCCc1ccc(-c2ccc(-c3nc(-c4ccccc4)nc(-n4c5ccccc5c5cc(-c6cccc7c6oc6ccccc67)ccc54)n3)cc2)cc1. The van der Waals surface area contributed by atoms with Gasteiger partial charge in [-0.3, -0.25) is 4.57 Å². The Morgan fingerprint density at radius 2 is 1.09 bits per heavy atom. The number of aromatic nitrogens is 4. The molecule has 10 rings (SSSR count). The number of unbranched alkanes of at least 4 members (excludes halogenated alkanes) is 1. The lowest BCUT2D eigenvalue weighted by Gasteiger charge is -2.11. The van der Waals surface area contributed by atoms with Gasteiger partial charge in [-0.1, -0.05) is 153 Å². The molecule has 0 atom stereocenters. The molecular formula is C49H36N4O. The average Bonchev–Trinajstić information content (AvgIpc) is 3.79. The molecule has 0 aliphatic rings. The molecule has 7 aromatic carbocycles. The maximum absolute atomic E-state index is 6.44. The van der Waals surface area contributed by atoms with Crippen molar-refractivity contribution in [3.63, 3.8) is 0 Å². The first-order chi connectivity index (χ1) is 26.7. The highest BCUT2D eigenvalue weighted by molar-refractivity contribution is 6.13. The van der Waals surface area contributed by atoms with Gasteiger partial charge in [0, 0.05) is 38.2 Å². The quantitative estimate of drug-likeness (QED) is 0.159. The number of benzene rings is 7. The van der Waals surface area contributed by atoms with Gasteiger partial charge >= 0.3 is 0 Å². The molecule has 0 fully saturated rings. The van der Waals surface area contributed by atoms with Crippen molar-refractivity contribution in [2.45, 2.75) is 26.2 Å². The van der Waals surface area contributed by atoms with E-state index in [2.05, 4.69) is 133 Å². The Morgan fingerprint density at radius 3 is 1.87 bits per heavy atom. The highest BCUT2D eigenvalue weighted by Gasteiger charge is 2.19. The lowest BCUT2D eigenvalue weighted by molar-refractivity contribution is 0.670. The van der Waals surface area contributed by atoms with Gasteiger partial charge in [0.05, 0.1) is 11.0 Å². The number of furan rings is 1. The van der Waals surface area contributed by atoms with Crippen molar-refractivity contribution in [1.29, 1.82) is 0 Å². The highest BCUT2D eigenvalue weighted by atomic mass is 16.3. The van der Waals surface area contributed by atoms with Crippen LogP contribution in [0.5, 0.6) is 0 Å². The van der Waals surface area contributed by atoms with E-state index < -0.39 is 0 Å². The van der Waals surface area contributed by atoms with Crippen molar-refractivity contribution in [1.82, 2.24) is 19.5 Å². The summed E-state index contributed by atoms with van der Waals surface area (Å²) in [4.78, 5) is 15.4. The maximum Gasteiger partial charge on any atom is 0.238 e. The van der Waals surface area contributed by atoms with Crippen molar-refractivity contribution in [2.75, 3.05) is 0 Å². The van der Waals surface area contributed by atoms with E-state index in [1.807, 2.05) is 42.5 Å². The van der Waals surface area contributed by atoms with Crippen molar-refractivity contribution in [3.05, 3.63) is 169 Å². The lowest BCUT2D eigenvalue weighted by atomic mass is 10.0. The molecular weight excluding hydrogens is 661 g/mol. The first-order valence-corrected chi connectivity index (χ1v) is 18.7. The van der Waals surface area contributed by atoms with Gasteiger partial charge in [-0.15, -0.1) is 0 Å². The molecule has 5 heteroatoms. The van der Waals surface area contributed by atoms with Crippen molar-refractivity contribution >= 4 is 43.7 Å². The van der Waals surface area contributed by atoms with E-state index in [0.717, 1.165) is 78.0 Å². The third-order valence-electron chi connectivity index (χ3n) is 10.5. The predicted molar refractivity (Wildman–Crippen MR) is 222 cm³/mol.